The molecule has 0 aliphatic carbocycles. The van der Waals surface area contributed by atoms with Gasteiger partial charge in [0.1, 0.15) is 23.2 Å². The fourth-order valence-electron chi connectivity index (χ4n) is 2.78. The summed E-state index contributed by atoms with van der Waals surface area (Å²) in [6.07, 6.45) is 2.05. The smallest absolute Gasteiger partial charge is 0.466 e. The van der Waals surface area contributed by atoms with Crippen LogP contribution in [0.4, 0.5) is 5.82 Å². The minimum atomic E-state index is -4.69. The highest BCUT2D eigenvalue weighted by Crippen LogP contribution is 2.38. The third-order valence-electron chi connectivity index (χ3n) is 4.39. The zero-order chi connectivity index (χ0) is 24.1. The van der Waals surface area contributed by atoms with Gasteiger partial charge in [-0.05, 0) is 45.5 Å². The van der Waals surface area contributed by atoms with E-state index in [0.29, 0.717) is 45.5 Å². The third-order valence-corrected chi connectivity index (χ3v) is 6.06. The van der Waals surface area contributed by atoms with Gasteiger partial charge < -0.3 is 24.8 Å². The van der Waals surface area contributed by atoms with Crippen molar-refractivity contribution in [2.75, 3.05) is 12.3 Å². The van der Waals surface area contributed by atoms with Crippen LogP contribution in [-0.4, -0.2) is 42.8 Å². The molecule has 2 rings (SSSR count). The monoisotopic (exact) mass is 484 g/mol. The number of carbonyl (C=O) groups excluding carboxylic acids is 2. The zero-order valence-electron chi connectivity index (χ0n) is 18.1. The van der Waals surface area contributed by atoms with E-state index < -0.39 is 7.82 Å². The second kappa shape index (κ2) is 10.9. The van der Waals surface area contributed by atoms with Gasteiger partial charge >= 0.3 is 7.82 Å². The van der Waals surface area contributed by atoms with E-state index in [0.717, 1.165) is 11.8 Å². The van der Waals surface area contributed by atoms with Crippen LogP contribution in [-0.2, 0) is 20.4 Å². The molecule has 0 atom stereocenters. The summed E-state index contributed by atoms with van der Waals surface area (Å²) in [5, 5.41) is -0.339. The van der Waals surface area contributed by atoms with Gasteiger partial charge in [-0.15, -0.1) is 0 Å². The van der Waals surface area contributed by atoms with Crippen molar-refractivity contribution in [1.82, 2.24) is 14.9 Å². The van der Waals surface area contributed by atoms with Gasteiger partial charge in [-0.2, -0.15) is 0 Å². The maximum atomic E-state index is 12.8. The topological polar surface area (TPSA) is 169 Å². The predicted molar refractivity (Wildman–Crippen MR) is 118 cm³/mol. The van der Waals surface area contributed by atoms with Crippen molar-refractivity contribution < 1.29 is 32.9 Å². The lowest BCUT2D eigenvalue weighted by atomic mass is 10.2. The number of nitrogen functional groups attached to an aromatic ring is 1. The Morgan fingerprint density at radius 1 is 1.38 bits per heavy atom. The average Bonchev–Trinajstić information content (AvgIpc) is 3.03. The number of phosphoric acid groups is 1. The maximum absolute atomic E-state index is 12.8. The van der Waals surface area contributed by atoms with Gasteiger partial charge in [-0.3, -0.25) is 14.1 Å². The van der Waals surface area contributed by atoms with Crippen molar-refractivity contribution in [3.8, 4) is 0 Å². The first kappa shape index (κ1) is 25.8. The van der Waals surface area contributed by atoms with Crippen LogP contribution in [0.3, 0.4) is 0 Å². The van der Waals surface area contributed by atoms with Crippen LogP contribution < -0.4 is 5.73 Å². The number of hydrogen-bond acceptors (Lipinski definition) is 9. The lowest BCUT2D eigenvalue weighted by molar-refractivity contribution is -0.116. The normalized spacial score (nSPS) is 12.4. The maximum Gasteiger partial charge on any atom is 0.469 e. The first-order valence-corrected chi connectivity index (χ1v) is 11.7. The predicted octanol–water partition coefficient (Wildman–Crippen LogP) is 2.84. The number of allylic oxidation sites excluding steroid dienone is 1. The first-order valence-electron chi connectivity index (χ1n) is 9.40. The van der Waals surface area contributed by atoms with Gasteiger partial charge in [0.25, 0.3) is 0 Å². The van der Waals surface area contributed by atoms with Gasteiger partial charge in [-0.25, -0.2) is 14.5 Å². The molecule has 0 spiro atoms. The van der Waals surface area contributed by atoms with Crippen LogP contribution in [0.2, 0.25) is 0 Å². The summed E-state index contributed by atoms with van der Waals surface area (Å²) < 4.78 is 21.0. The van der Waals surface area contributed by atoms with E-state index in [1.165, 1.54) is 11.1 Å². The van der Waals surface area contributed by atoms with E-state index in [4.69, 9.17) is 19.9 Å². The summed E-state index contributed by atoms with van der Waals surface area (Å²) in [4.78, 5) is 52.4. The summed E-state index contributed by atoms with van der Waals surface area (Å²) in [5.41, 5.74) is 7.18. The fraction of sp³-hybridized carbons (Fsp3) is 0.368. The average molecular weight is 484 g/mol. The highest BCUT2D eigenvalue weighted by atomic mass is 32.2. The number of rotatable bonds is 10. The minimum absolute atomic E-state index is 0.0204. The number of aryl methyl sites for hydroxylation is 3. The molecule has 4 N–H and O–H groups in total. The molecule has 0 saturated heterocycles. The molecule has 0 aromatic carbocycles. The SMILES string of the molecule is CC(=C(CCOP(=O)(O)O)SC(=O)c1cc(C)oc1C)N(C=O)Cc1cnc(C)nc1N. The Morgan fingerprint density at radius 3 is 2.59 bits per heavy atom. The molecular weight excluding hydrogens is 459 g/mol. The van der Waals surface area contributed by atoms with E-state index in [2.05, 4.69) is 14.5 Å². The van der Waals surface area contributed by atoms with Crippen molar-refractivity contribution in [3.05, 3.63) is 51.3 Å². The Kier molecular flexibility index (Phi) is 8.76. The standard InChI is InChI=1S/C19H25N4O7PS/c1-11-7-16(13(3)30-11)19(25)32-17(5-6-29-31(26,27)28)12(2)23(10-24)9-15-8-21-14(4)22-18(15)20/h7-8,10H,5-6,9H2,1-4H3,(H2,20,21,22)(H2,26,27,28). The van der Waals surface area contributed by atoms with Crippen LogP contribution in [0.5, 0.6) is 0 Å². The number of thioether (sulfide) groups is 1. The van der Waals surface area contributed by atoms with Gasteiger partial charge in [0.2, 0.25) is 11.5 Å². The van der Waals surface area contributed by atoms with E-state index in [9.17, 15) is 14.2 Å². The molecule has 2 heterocycles. The number of aromatic nitrogens is 2. The Bertz CT molecular complexity index is 1080. The highest BCUT2D eigenvalue weighted by Gasteiger charge is 2.22. The van der Waals surface area contributed by atoms with Gasteiger partial charge in [0, 0.05) is 28.8 Å². The van der Waals surface area contributed by atoms with Crippen LogP contribution in [0.25, 0.3) is 0 Å². The minimum Gasteiger partial charge on any atom is -0.466 e. The molecule has 0 aliphatic rings. The molecular formula is C19H25N4O7PS. The van der Waals surface area contributed by atoms with Crippen LogP contribution in [0.1, 0.15) is 46.6 Å². The quantitative estimate of drug-likeness (QED) is 0.335. The van der Waals surface area contributed by atoms with Crippen LogP contribution >= 0.6 is 19.6 Å². The summed E-state index contributed by atoms with van der Waals surface area (Å²) in [6, 6.07) is 1.60. The fourth-order valence-corrected chi connectivity index (χ4v) is 4.09. The van der Waals surface area contributed by atoms with Crippen molar-refractivity contribution in [2.45, 2.75) is 40.7 Å². The van der Waals surface area contributed by atoms with Crippen molar-refractivity contribution in [2.24, 2.45) is 0 Å². The van der Waals surface area contributed by atoms with Gasteiger partial charge in [-0.1, -0.05) is 0 Å². The summed E-state index contributed by atoms with van der Waals surface area (Å²) in [7, 11) is -4.69. The molecule has 0 saturated carbocycles. The molecule has 0 fully saturated rings. The van der Waals surface area contributed by atoms with Gasteiger partial charge in [0.15, 0.2) is 0 Å². The Hall–Kier alpha value is -2.50. The molecule has 13 heteroatoms. The summed E-state index contributed by atoms with van der Waals surface area (Å²) >= 11 is 0.830. The van der Waals surface area contributed by atoms with Crippen LogP contribution in [0, 0.1) is 20.8 Å². The molecule has 32 heavy (non-hydrogen) atoms. The molecule has 0 aliphatic heterocycles. The largest absolute Gasteiger partial charge is 0.469 e. The number of nitrogens with two attached hydrogens (primary N) is 1. The number of hydrogen-bond donors (Lipinski definition) is 3. The molecule has 2 aromatic heterocycles. The zero-order valence-corrected chi connectivity index (χ0v) is 19.8. The lowest BCUT2D eigenvalue weighted by Crippen LogP contribution is -2.22. The lowest BCUT2D eigenvalue weighted by Gasteiger charge is -2.22. The van der Waals surface area contributed by atoms with E-state index in [1.54, 1.807) is 33.8 Å². The van der Waals surface area contributed by atoms with Crippen LogP contribution in [0.15, 0.2) is 27.3 Å². The Labute approximate surface area is 189 Å². The Balaban J connectivity index is 2.34. The number of nitrogens with zero attached hydrogens (tertiary/aromatic N) is 3. The third kappa shape index (κ3) is 7.28. The Morgan fingerprint density at radius 2 is 2.06 bits per heavy atom. The molecule has 0 unspecified atom stereocenters. The van der Waals surface area contributed by atoms with E-state index in [-0.39, 0.29) is 30.5 Å². The highest BCUT2D eigenvalue weighted by molar-refractivity contribution is 8.17. The van der Waals surface area contributed by atoms with Crippen molar-refractivity contribution in [3.63, 3.8) is 0 Å². The number of carbonyl (C=O) groups is 2. The van der Waals surface area contributed by atoms with Crippen molar-refractivity contribution in [1.29, 1.82) is 0 Å². The van der Waals surface area contributed by atoms with E-state index in [1.807, 2.05) is 0 Å². The molecule has 0 bridgehead atoms. The summed E-state index contributed by atoms with van der Waals surface area (Å²) in [6.45, 7) is 6.36. The second-order valence-corrected chi connectivity index (χ2v) is 9.17. The number of furan rings is 1. The molecule has 2 aromatic rings. The number of phosphoric ester groups is 1. The number of anilines is 1. The first-order chi connectivity index (χ1) is 14.9. The second-order valence-electron chi connectivity index (χ2n) is 6.86. The number of amides is 1. The molecule has 1 amide bonds. The molecule has 11 nitrogen and oxygen atoms in total. The van der Waals surface area contributed by atoms with Gasteiger partial charge in [0.05, 0.1) is 18.7 Å². The summed E-state index contributed by atoms with van der Waals surface area (Å²) in [5.74, 6) is 1.72. The van der Waals surface area contributed by atoms with Crippen molar-refractivity contribution >= 4 is 36.9 Å². The van der Waals surface area contributed by atoms with E-state index >= 15 is 0 Å². The molecule has 0 radical (unpaired) electrons. The molecule has 174 valence electrons.